The van der Waals surface area contributed by atoms with E-state index in [1.807, 2.05) is 0 Å². The Labute approximate surface area is 161 Å². The first-order valence-corrected chi connectivity index (χ1v) is 9.01. The number of hydrogen-bond donors (Lipinski definition) is 0. The van der Waals surface area contributed by atoms with E-state index in [0.29, 0.717) is 47.8 Å². The second-order valence-electron chi connectivity index (χ2n) is 6.39. The van der Waals surface area contributed by atoms with Crippen molar-refractivity contribution in [3.05, 3.63) is 34.4 Å². The Balaban J connectivity index is 1.51. The first kappa shape index (κ1) is 19.2. The number of hydrogen-bond acceptors (Lipinski definition) is 6. The highest BCUT2D eigenvalue weighted by molar-refractivity contribution is 6.30. The van der Waals surface area contributed by atoms with Gasteiger partial charge in [-0.2, -0.15) is 0 Å². The van der Waals surface area contributed by atoms with Gasteiger partial charge in [0.05, 0.1) is 18.6 Å². The van der Waals surface area contributed by atoms with Crippen LogP contribution in [-0.4, -0.2) is 56.2 Å². The SMILES string of the molecule is COC(=O)C1CCN(C(=O)COC(=O)C2=Cc3cc(Cl)ccc3OC2)CC1. The molecule has 0 atom stereocenters. The Hall–Kier alpha value is -2.54. The second kappa shape index (κ2) is 8.43. The van der Waals surface area contributed by atoms with Crippen LogP contribution in [0.2, 0.25) is 5.02 Å². The molecule has 0 aromatic heterocycles. The van der Waals surface area contributed by atoms with E-state index >= 15 is 0 Å². The van der Waals surface area contributed by atoms with Gasteiger partial charge in [0, 0.05) is 23.7 Å². The standard InChI is InChI=1S/C19H20ClNO6/c1-25-18(23)12-4-6-21(7-5-12)17(22)11-27-19(24)14-8-13-9-15(20)2-3-16(13)26-10-14/h2-3,8-9,12H,4-7,10-11H2,1H3. The largest absolute Gasteiger partial charge is 0.488 e. The third-order valence-corrected chi connectivity index (χ3v) is 4.89. The molecule has 3 rings (SSSR count). The van der Waals surface area contributed by atoms with Crippen LogP contribution >= 0.6 is 11.6 Å². The van der Waals surface area contributed by atoms with Crippen molar-refractivity contribution in [1.29, 1.82) is 0 Å². The van der Waals surface area contributed by atoms with Gasteiger partial charge in [0.2, 0.25) is 0 Å². The normalized spacial score (nSPS) is 16.7. The van der Waals surface area contributed by atoms with E-state index in [1.54, 1.807) is 29.2 Å². The van der Waals surface area contributed by atoms with Crippen molar-refractivity contribution >= 4 is 35.5 Å². The monoisotopic (exact) mass is 393 g/mol. The maximum atomic E-state index is 12.2. The summed E-state index contributed by atoms with van der Waals surface area (Å²) in [4.78, 5) is 37.6. The van der Waals surface area contributed by atoms with Crippen LogP contribution in [0, 0.1) is 5.92 Å². The van der Waals surface area contributed by atoms with Gasteiger partial charge in [-0.3, -0.25) is 9.59 Å². The van der Waals surface area contributed by atoms with Crippen molar-refractivity contribution in [3.63, 3.8) is 0 Å². The van der Waals surface area contributed by atoms with Crippen LogP contribution in [0.25, 0.3) is 6.08 Å². The van der Waals surface area contributed by atoms with Crippen molar-refractivity contribution in [2.45, 2.75) is 12.8 Å². The molecule has 0 bridgehead atoms. The van der Waals surface area contributed by atoms with Crippen LogP contribution in [0.5, 0.6) is 5.75 Å². The highest BCUT2D eigenvalue weighted by Gasteiger charge is 2.28. The molecular formula is C19H20ClNO6. The lowest BCUT2D eigenvalue weighted by molar-refractivity contribution is -0.152. The van der Waals surface area contributed by atoms with Crippen LogP contribution in [0.4, 0.5) is 0 Å². The first-order valence-electron chi connectivity index (χ1n) is 8.63. The number of esters is 2. The predicted octanol–water partition coefficient (Wildman–Crippen LogP) is 2.07. The molecule has 0 radical (unpaired) electrons. The molecule has 1 amide bonds. The molecule has 27 heavy (non-hydrogen) atoms. The minimum absolute atomic E-state index is 0.0756. The second-order valence-corrected chi connectivity index (χ2v) is 6.83. The molecule has 7 nitrogen and oxygen atoms in total. The summed E-state index contributed by atoms with van der Waals surface area (Å²) in [7, 11) is 1.36. The van der Waals surface area contributed by atoms with Gasteiger partial charge in [-0.1, -0.05) is 11.6 Å². The number of carbonyl (C=O) groups is 3. The summed E-state index contributed by atoms with van der Waals surface area (Å²) in [6.07, 6.45) is 2.74. The number of likely N-dealkylation sites (tertiary alicyclic amines) is 1. The number of amides is 1. The Kier molecular flexibility index (Phi) is 6.01. The molecule has 2 aliphatic rings. The van der Waals surface area contributed by atoms with Crippen LogP contribution in [0.15, 0.2) is 23.8 Å². The van der Waals surface area contributed by atoms with Crippen molar-refractivity contribution in [2.75, 3.05) is 33.4 Å². The number of methoxy groups -OCH3 is 1. The maximum absolute atomic E-state index is 12.2. The van der Waals surface area contributed by atoms with Gasteiger partial charge in [0.1, 0.15) is 12.4 Å². The number of benzene rings is 1. The molecule has 0 unspecified atom stereocenters. The molecule has 0 aliphatic carbocycles. The van der Waals surface area contributed by atoms with Crippen molar-refractivity contribution in [2.24, 2.45) is 5.92 Å². The minimum Gasteiger partial charge on any atom is -0.488 e. The van der Waals surface area contributed by atoms with Crippen molar-refractivity contribution in [1.82, 2.24) is 4.90 Å². The lowest BCUT2D eigenvalue weighted by Gasteiger charge is -2.30. The van der Waals surface area contributed by atoms with E-state index in [9.17, 15) is 14.4 Å². The average Bonchev–Trinajstić information content (AvgIpc) is 2.70. The van der Waals surface area contributed by atoms with Crippen LogP contribution in [0.3, 0.4) is 0 Å². The van der Waals surface area contributed by atoms with Gasteiger partial charge < -0.3 is 19.1 Å². The summed E-state index contributed by atoms with van der Waals surface area (Å²) in [5, 5.41) is 0.536. The molecule has 0 N–H and O–H groups in total. The summed E-state index contributed by atoms with van der Waals surface area (Å²) in [6, 6.07) is 5.14. The quantitative estimate of drug-likeness (QED) is 0.728. The minimum atomic E-state index is -0.599. The van der Waals surface area contributed by atoms with Crippen LogP contribution in [-0.2, 0) is 23.9 Å². The van der Waals surface area contributed by atoms with Gasteiger partial charge >= 0.3 is 11.9 Å². The summed E-state index contributed by atoms with van der Waals surface area (Å²) in [5.41, 5.74) is 1.01. The highest BCUT2D eigenvalue weighted by Crippen LogP contribution is 2.29. The Morgan fingerprint density at radius 3 is 2.70 bits per heavy atom. The number of fused-ring (bicyclic) bond motifs is 1. The lowest BCUT2D eigenvalue weighted by Crippen LogP contribution is -2.42. The summed E-state index contributed by atoms with van der Waals surface area (Å²) >= 11 is 5.95. The fourth-order valence-corrected chi connectivity index (χ4v) is 3.29. The molecule has 0 saturated carbocycles. The number of halogens is 1. The predicted molar refractivity (Wildman–Crippen MR) is 97.2 cm³/mol. The number of nitrogens with zero attached hydrogens (tertiary/aromatic N) is 1. The number of piperidine rings is 1. The molecule has 1 aromatic carbocycles. The summed E-state index contributed by atoms with van der Waals surface area (Å²) in [6.45, 7) is 0.606. The summed E-state index contributed by atoms with van der Waals surface area (Å²) in [5.74, 6) is -0.678. The molecule has 2 heterocycles. The van der Waals surface area contributed by atoms with Gasteiger partial charge in [0.25, 0.3) is 5.91 Å². The van der Waals surface area contributed by atoms with E-state index in [1.165, 1.54) is 7.11 Å². The molecule has 8 heteroatoms. The van der Waals surface area contributed by atoms with Gasteiger partial charge in [0.15, 0.2) is 6.61 Å². The van der Waals surface area contributed by atoms with E-state index in [2.05, 4.69) is 0 Å². The topological polar surface area (TPSA) is 82.1 Å². The lowest BCUT2D eigenvalue weighted by atomic mass is 9.97. The molecule has 1 saturated heterocycles. The third kappa shape index (κ3) is 4.60. The average molecular weight is 394 g/mol. The molecule has 144 valence electrons. The van der Waals surface area contributed by atoms with Crippen LogP contribution in [0.1, 0.15) is 18.4 Å². The van der Waals surface area contributed by atoms with Gasteiger partial charge in [-0.25, -0.2) is 4.79 Å². The van der Waals surface area contributed by atoms with Crippen molar-refractivity contribution in [3.8, 4) is 5.75 Å². The Bertz CT molecular complexity index is 782. The third-order valence-electron chi connectivity index (χ3n) is 4.66. The molecule has 0 spiro atoms. The molecular weight excluding hydrogens is 374 g/mol. The fraction of sp³-hybridized carbons (Fsp3) is 0.421. The molecule has 1 fully saturated rings. The van der Waals surface area contributed by atoms with Crippen LogP contribution < -0.4 is 4.74 Å². The Morgan fingerprint density at radius 1 is 1.26 bits per heavy atom. The first-order chi connectivity index (χ1) is 13.0. The zero-order valence-corrected chi connectivity index (χ0v) is 15.7. The molecule has 1 aromatic rings. The molecule has 2 aliphatic heterocycles. The zero-order chi connectivity index (χ0) is 19.4. The van der Waals surface area contributed by atoms with E-state index < -0.39 is 5.97 Å². The smallest absolute Gasteiger partial charge is 0.338 e. The van der Waals surface area contributed by atoms with E-state index in [0.717, 1.165) is 0 Å². The van der Waals surface area contributed by atoms with E-state index in [-0.39, 0.29) is 31.0 Å². The zero-order valence-electron chi connectivity index (χ0n) is 14.9. The maximum Gasteiger partial charge on any atom is 0.338 e. The summed E-state index contributed by atoms with van der Waals surface area (Å²) < 4.78 is 15.4. The fourth-order valence-electron chi connectivity index (χ4n) is 3.11. The highest BCUT2D eigenvalue weighted by atomic mass is 35.5. The van der Waals surface area contributed by atoms with Crippen molar-refractivity contribution < 1.29 is 28.6 Å². The number of rotatable bonds is 4. The number of ether oxygens (including phenoxy) is 3. The van der Waals surface area contributed by atoms with Gasteiger partial charge in [-0.05, 0) is 37.1 Å². The van der Waals surface area contributed by atoms with E-state index in [4.69, 9.17) is 25.8 Å². The Morgan fingerprint density at radius 2 is 2.00 bits per heavy atom. The number of carbonyl (C=O) groups excluding carboxylic acids is 3. The van der Waals surface area contributed by atoms with Gasteiger partial charge in [-0.15, -0.1) is 0 Å².